The molecule has 0 radical (unpaired) electrons. The van der Waals surface area contributed by atoms with Crippen molar-refractivity contribution in [3.05, 3.63) is 51.8 Å². The summed E-state index contributed by atoms with van der Waals surface area (Å²) in [6, 6.07) is 4.16. The van der Waals surface area contributed by atoms with Gasteiger partial charge in [0.1, 0.15) is 0 Å². The number of benzene rings is 1. The highest BCUT2D eigenvalue weighted by Gasteiger charge is 2.20. The topological polar surface area (TPSA) is 52.4 Å². The Labute approximate surface area is 117 Å². The molecule has 4 nitrogen and oxygen atoms in total. The third kappa shape index (κ3) is 3.42. The number of nitro groups is 1. The van der Waals surface area contributed by atoms with Crippen LogP contribution in [0.4, 0.5) is 10.1 Å². The Bertz CT molecular complexity index is 516. The standard InChI is InChI=1S/C15H18FNO3/c1-11-5-2-3-6-12(11)9-20-10-13-7-4-8-14(15(13)16)17(18)19/h2-4,7-8,11-12H,5-6,9-10H2,1H3. The van der Waals surface area contributed by atoms with Gasteiger partial charge in [0.05, 0.1) is 18.1 Å². The maximum atomic E-state index is 13.8. The van der Waals surface area contributed by atoms with Gasteiger partial charge in [-0.3, -0.25) is 10.1 Å². The molecule has 1 aromatic rings. The number of nitro benzene ring substituents is 1. The number of allylic oxidation sites excluding steroid dienone is 2. The molecule has 2 rings (SSSR count). The highest BCUT2D eigenvalue weighted by molar-refractivity contribution is 5.36. The van der Waals surface area contributed by atoms with Crippen LogP contribution in [0.1, 0.15) is 25.3 Å². The van der Waals surface area contributed by atoms with Gasteiger partial charge in [-0.1, -0.05) is 31.2 Å². The van der Waals surface area contributed by atoms with Crippen molar-refractivity contribution >= 4 is 5.69 Å². The Balaban J connectivity index is 1.93. The van der Waals surface area contributed by atoms with Crippen LogP contribution in [0.25, 0.3) is 0 Å². The summed E-state index contributed by atoms with van der Waals surface area (Å²) in [6.45, 7) is 2.79. The van der Waals surface area contributed by atoms with Crippen LogP contribution in [-0.4, -0.2) is 11.5 Å². The van der Waals surface area contributed by atoms with Crippen molar-refractivity contribution < 1.29 is 14.1 Å². The Morgan fingerprint density at radius 2 is 2.15 bits per heavy atom. The van der Waals surface area contributed by atoms with Gasteiger partial charge in [0.15, 0.2) is 0 Å². The van der Waals surface area contributed by atoms with Gasteiger partial charge in [0, 0.05) is 11.6 Å². The van der Waals surface area contributed by atoms with Crippen LogP contribution in [0.2, 0.25) is 0 Å². The molecule has 0 N–H and O–H groups in total. The molecule has 0 bridgehead atoms. The Morgan fingerprint density at radius 1 is 1.40 bits per heavy atom. The summed E-state index contributed by atoms with van der Waals surface area (Å²) in [5.74, 6) is 0.186. The number of ether oxygens (including phenoxy) is 1. The molecule has 0 heterocycles. The summed E-state index contributed by atoms with van der Waals surface area (Å²) >= 11 is 0. The highest BCUT2D eigenvalue weighted by atomic mass is 19.1. The molecule has 108 valence electrons. The van der Waals surface area contributed by atoms with E-state index in [4.69, 9.17) is 4.74 Å². The molecule has 0 spiro atoms. The molecule has 5 heteroatoms. The SMILES string of the molecule is CC1CC=CCC1COCc1cccc([N+](=O)[O-])c1F. The number of halogens is 1. The summed E-state index contributed by atoms with van der Waals surface area (Å²) in [6.07, 6.45) is 6.32. The third-order valence-corrected chi connectivity index (χ3v) is 3.76. The number of hydrogen-bond acceptors (Lipinski definition) is 3. The zero-order valence-corrected chi connectivity index (χ0v) is 11.4. The minimum atomic E-state index is -0.797. The van der Waals surface area contributed by atoms with E-state index in [2.05, 4.69) is 19.1 Å². The molecule has 1 aliphatic carbocycles. The van der Waals surface area contributed by atoms with E-state index in [1.807, 2.05) is 0 Å². The largest absolute Gasteiger partial charge is 0.376 e. The minimum absolute atomic E-state index is 0.0699. The fourth-order valence-corrected chi connectivity index (χ4v) is 2.38. The van der Waals surface area contributed by atoms with E-state index in [1.165, 1.54) is 12.1 Å². The van der Waals surface area contributed by atoms with E-state index in [0.717, 1.165) is 18.9 Å². The predicted molar refractivity (Wildman–Crippen MR) is 73.7 cm³/mol. The van der Waals surface area contributed by atoms with Gasteiger partial charge in [-0.05, 0) is 24.7 Å². The average Bonchev–Trinajstić information content (AvgIpc) is 2.42. The molecular formula is C15H18FNO3. The monoisotopic (exact) mass is 279 g/mol. The van der Waals surface area contributed by atoms with Gasteiger partial charge < -0.3 is 4.74 Å². The average molecular weight is 279 g/mol. The van der Waals surface area contributed by atoms with E-state index in [1.54, 1.807) is 0 Å². The second kappa shape index (κ2) is 6.61. The van der Waals surface area contributed by atoms with Crippen molar-refractivity contribution in [1.82, 2.24) is 0 Å². The summed E-state index contributed by atoms with van der Waals surface area (Å²) in [4.78, 5) is 9.94. The molecule has 0 fully saturated rings. The van der Waals surface area contributed by atoms with Gasteiger partial charge >= 0.3 is 5.69 Å². The molecule has 1 aromatic carbocycles. The first-order valence-electron chi connectivity index (χ1n) is 6.74. The van der Waals surface area contributed by atoms with Gasteiger partial charge in [0.2, 0.25) is 5.82 Å². The van der Waals surface area contributed by atoms with Crippen molar-refractivity contribution in [2.24, 2.45) is 11.8 Å². The lowest BCUT2D eigenvalue weighted by molar-refractivity contribution is -0.387. The Morgan fingerprint density at radius 3 is 2.85 bits per heavy atom. The second-order valence-corrected chi connectivity index (χ2v) is 5.20. The molecule has 0 amide bonds. The van der Waals surface area contributed by atoms with Gasteiger partial charge in [-0.15, -0.1) is 0 Å². The fraction of sp³-hybridized carbons (Fsp3) is 0.467. The maximum Gasteiger partial charge on any atom is 0.305 e. The van der Waals surface area contributed by atoms with Crippen LogP contribution >= 0.6 is 0 Å². The summed E-state index contributed by atoms with van der Waals surface area (Å²) in [5.41, 5.74) is -0.265. The molecule has 2 atom stereocenters. The second-order valence-electron chi connectivity index (χ2n) is 5.20. The number of hydrogen-bond donors (Lipinski definition) is 0. The van der Waals surface area contributed by atoms with Crippen molar-refractivity contribution in [2.75, 3.05) is 6.61 Å². The van der Waals surface area contributed by atoms with E-state index in [9.17, 15) is 14.5 Å². The zero-order valence-electron chi connectivity index (χ0n) is 11.4. The first-order valence-corrected chi connectivity index (χ1v) is 6.74. The van der Waals surface area contributed by atoms with Gasteiger partial charge in [-0.2, -0.15) is 4.39 Å². The van der Waals surface area contributed by atoms with E-state index >= 15 is 0 Å². The quantitative estimate of drug-likeness (QED) is 0.467. The summed E-state index contributed by atoms with van der Waals surface area (Å²) < 4.78 is 19.4. The van der Waals surface area contributed by atoms with Crippen molar-refractivity contribution in [3.63, 3.8) is 0 Å². The molecule has 0 saturated carbocycles. The van der Waals surface area contributed by atoms with Gasteiger partial charge in [0.25, 0.3) is 0 Å². The zero-order chi connectivity index (χ0) is 14.5. The summed E-state index contributed by atoms with van der Waals surface area (Å²) in [7, 11) is 0. The van der Waals surface area contributed by atoms with Crippen molar-refractivity contribution in [3.8, 4) is 0 Å². The predicted octanol–water partition coefficient (Wildman–Crippen LogP) is 3.85. The highest BCUT2D eigenvalue weighted by Crippen LogP contribution is 2.26. The lowest BCUT2D eigenvalue weighted by atomic mass is 9.85. The number of rotatable bonds is 5. The molecule has 2 unspecified atom stereocenters. The molecular weight excluding hydrogens is 261 g/mol. The molecule has 20 heavy (non-hydrogen) atoms. The van der Waals surface area contributed by atoms with Crippen LogP contribution in [0.5, 0.6) is 0 Å². The first kappa shape index (κ1) is 14.7. The van der Waals surface area contributed by atoms with Crippen LogP contribution < -0.4 is 0 Å². The lowest BCUT2D eigenvalue weighted by Crippen LogP contribution is -2.19. The lowest BCUT2D eigenvalue weighted by Gasteiger charge is -2.24. The fourth-order valence-electron chi connectivity index (χ4n) is 2.38. The number of nitrogens with zero attached hydrogens (tertiary/aromatic N) is 1. The minimum Gasteiger partial charge on any atom is -0.376 e. The smallest absolute Gasteiger partial charge is 0.305 e. The van der Waals surface area contributed by atoms with E-state index in [0.29, 0.717) is 18.4 Å². The first-order chi connectivity index (χ1) is 9.59. The Kier molecular flexibility index (Phi) is 4.84. The molecule has 1 aliphatic rings. The van der Waals surface area contributed by atoms with Crippen LogP contribution in [-0.2, 0) is 11.3 Å². The third-order valence-electron chi connectivity index (χ3n) is 3.76. The molecule has 0 aromatic heterocycles. The Hall–Kier alpha value is -1.75. The van der Waals surface area contributed by atoms with Crippen LogP contribution in [0.3, 0.4) is 0 Å². The van der Waals surface area contributed by atoms with Crippen molar-refractivity contribution in [2.45, 2.75) is 26.4 Å². The molecule has 0 aliphatic heterocycles. The van der Waals surface area contributed by atoms with Crippen LogP contribution in [0, 0.1) is 27.8 Å². The molecule has 0 saturated heterocycles. The maximum absolute atomic E-state index is 13.8. The van der Waals surface area contributed by atoms with E-state index in [-0.39, 0.29) is 12.2 Å². The van der Waals surface area contributed by atoms with Crippen LogP contribution in [0.15, 0.2) is 30.4 Å². The van der Waals surface area contributed by atoms with Gasteiger partial charge in [-0.25, -0.2) is 0 Å². The van der Waals surface area contributed by atoms with Crippen molar-refractivity contribution in [1.29, 1.82) is 0 Å². The summed E-state index contributed by atoms with van der Waals surface area (Å²) in [5, 5.41) is 10.7. The van der Waals surface area contributed by atoms with E-state index < -0.39 is 16.4 Å². The normalized spacial score (nSPS) is 21.9.